The fourth-order valence-corrected chi connectivity index (χ4v) is 2.23. The number of nitro groups is 1. The van der Waals surface area contributed by atoms with E-state index in [4.69, 9.17) is 13.9 Å². The fraction of sp³-hybridized carbons (Fsp3) is 0. The predicted molar refractivity (Wildman–Crippen MR) is 52.1 cm³/mol. The van der Waals surface area contributed by atoms with Gasteiger partial charge in [-0.1, -0.05) is 0 Å². The summed E-state index contributed by atoms with van der Waals surface area (Å²) in [5.74, 6) is -1.03. The number of amides is 1. The van der Waals surface area contributed by atoms with Gasteiger partial charge in [-0.3, -0.25) is 0 Å². The van der Waals surface area contributed by atoms with Gasteiger partial charge in [0.25, 0.3) is 0 Å². The van der Waals surface area contributed by atoms with Crippen molar-refractivity contribution in [2.45, 2.75) is 0 Å². The molecule has 9 heteroatoms. The third-order valence-corrected chi connectivity index (χ3v) is 3.77. The van der Waals surface area contributed by atoms with Crippen LogP contribution in [0.5, 0.6) is 0 Å². The van der Waals surface area contributed by atoms with Gasteiger partial charge in [-0.05, 0) is 0 Å². The number of nitro benzene ring substituents is 1. The molecule has 0 atom stereocenters. The number of primary amides is 1. The number of rotatable bonds is 3. The number of benzene rings is 1. The summed E-state index contributed by atoms with van der Waals surface area (Å²) in [4.78, 5) is 20.5. The van der Waals surface area contributed by atoms with Crippen LogP contribution in [0.4, 0.5) is 5.69 Å². The van der Waals surface area contributed by atoms with Crippen LogP contribution in [0.3, 0.4) is 0 Å². The first-order valence-corrected chi connectivity index (χ1v) is 7.26. The first kappa shape index (κ1) is 12.4. The van der Waals surface area contributed by atoms with Gasteiger partial charge in [0.2, 0.25) is 0 Å². The van der Waals surface area contributed by atoms with Crippen LogP contribution >= 0.6 is 0 Å². The molecule has 16 heavy (non-hydrogen) atoms. The SMILES string of the molecule is NC(=O)c1ccc([As](=O)(O)O)cc1[N+](=O)[O-]. The van der Waals surface area contributed by atoms with E-state index in [1.165, 1.54) is 0 Å². The molecule has 1 aromatic rings. The molecule has 0 heterocycles. The molecule has 0 saturated carbocycles. The van der Waals surface area contributed by atoms with E-state index in [0.717, 1.165) is 12.1 Å². The molecule has 86 valence electrons. The summed E-state index contributed by atoms with van der Waals surface area (Å²) in [5.41, 5.74) is 3.77. The van der Waals surface area contributed by atoms with Crippen LogP contribution in [0, 0.1) is 10.1 Å². The Morgan fingerprint density at radius 1 is 1.44 bits per heavy atom. The minimum atomic E-state index is -5.21. The Bertz CT molecular complexity index is 508. The molecule has 0 saturated heterocycles. The zero-order chi connectivity index (χ0) is 12.5. The molecule has 0 aliphatic heterocycles. The maximum atomic E-state index is 10.9. The van der Waals surface area contributed by atoms with Crippen LogP contribution in [0.2, 0.25) is 0 Å². The summed E-state index contributed by atoms with van der Waals surface area (Å²) in [5, 5.41) is 10.6. The normalized spacial score (nSPS) is 11.1. The Hall–Kier alpha value is -1.63. The van der Waals surface area contributed by atoms with E-state index in [-0.39, 0.29) is 0 Å². The first-order chi connectivity index (χ1) is 7.23. The number of carbonyl (C=O) groups is 1. The molecule has 0 aliphatic carbocycles. The van der Waals surface area contributed by atoms with Crippen LogP contribution in [-0.2, 0) is 3.74 Å². The standard InChI is InChI=1S/C7H7AsN2O6/c9-7(11)5-2-1-4(8(12,13)14)3-6(5)10(15)16/h1-3H,(H2,9,11)(H2,12,13,14). The Morgan fingerprint density at radius 3 is 2.38 bits per heavy atom. The molecule has 1 amide bonds. The fourth-order valence-electron chi connectivity index (χ4n) is 1.06. The second-order valence-electron chi connectivity index (χ2n) is 2.87. The van der Waals surface area contributed by atoms with Gasteiger partial charge in [0.15, 0.2) is 0 Å². The van der Waals surface area contributed by atoms with E-state index < -0.39 is 40.6 Å². The van der Waals surface area contributed by atoms with E-state index in [1.807, 2.05) is 0 Å². The molecule has 0 bridgehead atoms. The number of carbonyl (C=O) groups excluding carboxylic acids is 1. The van der Waals surface area contributed by atoms with Crippen LogP contribution < -0.4 is 10.1 Å². The van der Waals surface area contributed by atoms with E-state index in [1.54, 1.807) is 0 Å². The third-order valence-electron chi connectivity index (χ3n) is 1.78. The molecule has 0 radical (unpaired) electrons. The van der Waals surface area contributed by atoms with Gasteiger partial charge in [-0.15, -0.1) is 0 Å². The molecule has 1 aromatic carbocycles. The average Bonchev–Trinajstić information content (AvgIpc) is 2.15. The third kappa shape index (κ3) is 2.48. The minimum absolute atomic E-state index is 0.391. The number of nitrogens with two attached hydrogens (primary N) is 1. The van der Waals surface area contributed by atoms with Crippen LogP contribution in [-0.4, -0.2) is 33.2 Å². The van der Waals surface area contributed by atoms with Crippen molar-refractivity contribution in [3.05, 3.63) is 33.9 Å². The van der Waals surface area contributed by atoms with Crippen LogP contribution in [0.25, 0.3) is 0 Å². The molecule has 0 spiro atoms. The van der Waals surface area contributed by atoms with Crippen LogP contribution in [0.1, 0.15) is 10.4 Å². The van der Waals surface area contributed by atoms with Gasteiger partial charge < -0.3 is 0 Å². The molecule has 0 fully saturated rings. The Morgan fingerprint density at radius 2 is 2.00 bits per heavy atom. The maximum absolute atomic E-state index is 10.9. The molecule has 0 aromatic heterocycles. The summed E-state index contributed by atoms with van der Waals surface area (Å²) < 4.78 is 28.1. The molecular formula is C7H7AsN2O6. The molecule has 0 aliphatic rings. The monoisotopic (exact) mass is 290 g/mol. The zero-order valence-electron chi connectivity index (χ0n) is 7.73. The van der Waals surface area contributed by atoms with Crippen molar-refractivity contribution in [2.24, 2.45) is 5.73 Å². The Balaban J connectivity index is 3.46. The van der Waals surface area contributed by atoms with Crippen molar-refractivity contribution in [2.75, 3.05) is 0 Å². The van der Waals surface area contributed by atoms with E-state index in [2.05, 4.69) is 0 Å². The predicted octanol–water partition coefficient (Wildman–Crippen LogP) is -1.75. The number of hydrogen-bond donors (Lipinski definition) is 3. The van der Waals surface area contributed by atoms with Gasteiger partial charge in [-0.25, -0.2) is 0 Å². The number of hydrogen-bond acceptors (Lipinski definition) is 4. The average molecular weight is 290 g/mol. The van der Waals surface area contributed by atoms with Crippen molar-refractivity contribution in [3.63, 3.8) is 0 Å². The summed E-state index contributed by atoms with van der Waals surface area (Å²) >= 11 is -5.21. The van der Waals surface area contributed by atoms with E-state index in [0.29, 0.717) is 6.07 Å². The zero-order valence-corrected chi connectivity index (χ0v) is 9.61. The second-order valence-corrected chi connectivity index (χ2v) is 6.23. The summed E-state index contributed by atoms with van der Waals surface area (Å²) in [6.07, 6.45) is 0. The van der Waals surface area contributed by atoms with E-state index in [9.17, 15) is 18.6 Å². The van der Waals surface area contributed by atoms with Crippen molar-refractivity contribution in [1.29, 1.82) is 0 Å². The van der Waals surface area contributed by atoms with Gasteiger partial charge in [-0.2, -0.15) is 0 Å². The summed E-state index contributed by atoms with van der Waals surface area (Å²) in [7, 11) is 0. The Labute approximate surface area is 91.8 Å². The first-order valence-electron chi connectivity index (χ1n) is 3.88. The van der Waals surface area contributed by atoms with Gasteiger partial charge in [0.05, 0.1) is 0 Å². The van der Waals surface area contributed by atoms with Crippen molar-refractivity contribution >= 4 is 30.1 Å². The molecule has 8 nitrogen and oxygen atoms in total. The molecule has 0 unspecified atom stereocenters. The Kier molecular flexibility index (Phi) is 3.18. The summed E-state index contributed by atoms with van der Waals surface area (Å²) in [6.45, 7) is 0. The van der Waals surface area contributed by atoms with Crippen LogP contribution in [0.15, 0.2) is 18.2 Å². The topological polar surface area (TPSA) is 144 Å². The van der Waals surface area contributed by atoms with Crippen molar-refractivity contribution in [3.8, 4) is 0 Å². The number of nitrogens with zero attached hydrogens (tertiary/aromatic N) is 1. The van der Waals surface area contributed by atoms with Crippen molar-refractivity contribution in [1.82, 2.24) is 0 Å². The molecule has 4 N–H and O–H groups in total. The quantitative estimate of drug-likeness (QED) is 0.342. The van der Waals surface area contributed by atoms with E-state index >= 15 is 0 Å². The summed E-state index contributed by atoms with van der Waals surface area (Å²) in [6, 6.07) is 2.55. The second kappa shape index (κ2) is 4.09. The molecule has 1 rings (SSSR count). The van der Waals surface area contributed by atoms with Crippen molar-refractivity contribution < 1.29 is 21.6 Å². The van der Waals surface area contributed by atoms with Gasteiger partial charge in [0, 0.05) is 0 Å². The molecular weight excluding hydrogens is 283 g/mol. The van der Waals surface area contributed by atoms with Gasteiger partial charge in [0.1, 0.15) is 0 Å². The van der Waals surface area contributed by atoms with Gasteiger partial charge >= 0.3 is 91.4 Å².